The first kappa shape index (κ1) is 17.6. The molecule has 1 aliphatic rings. The van der Waals surface area contributed by atoms with Gasteiger partial charge in [0.1, 0.15) is 14.0 Å². The van der Waals surface area contributed by atoms with Crippen molar-refractivity contribution in [3.05, 3.63) is 0 Å². The van der Waals surface area contributed by atoms with Gasteiger partial charge in [-0.05, 0) is 30.8 Å². The van der Waals surface area contributed by atoms with Crippen LogP contribution < -0.4 is 0 Å². The molecule has 6 heteroatoms. The highest BCUT2D eigenvalue weighted by atomic mass is 32.2. The Labute approximate surface area is 124 Å². The topological polar surface area (TPSA) is 27.7 Å². The van der Waals surface area contributed by atoms with Gasteiger partial charge in [-0.1, -0.05) is 20.8 Å². The third kappa shape index (κ3) is 5.08. The predicted octanol–water partition coefficient (Wildman–Crippen LogP) is 3.00. The average molecular weight is 302 g/mol. The number of thioether (sulfide) groups is 1. The second-order valence-electron chi connectivity index (χ2n) is 6.63. The lowest BCUT2D eigenvalue weighted by Crippen LogP contribution is -2.44. The van der Waals surface area contributed by atoms with Gasteiger partial charge in [-0.2, -0.15) is 0 Å². The van der Waals surface area contributed by atoms with E-state index in [1.807, 2.05) is 6.26 Å². The van der Waals surface area contributed by atoms with Crippen LogP contribution in [0.4, 0.5) is 0 Å². The zero-order valence-electron chi connectivity index (χ0n) is 13.1. The van der Waals surface area contributed by atoms with Gasteiger partial charge in [-0.25, -0.2) is 0 Å². The molecule has 0 bridgehead atoms. The summed E-state index contributed by atoms with van der Waals surface area (Å²) in [4.78, 5) is 0. The molecule has 1 heterocycles. The molecule has 3 atom stereocenters. The largest absolute Gasteiger partial charge is 0.414 e. The van der Waals surface area contributed by atoms with Crippen LogP contribution in [0.25, 0.3) is 0 Å². The summed E-state index contributed by atoms with van der Waals surface area (Å²) in [5, 5.41) is 0.212. The second-order valence-corrected chi connectivity index (χ2v) is 12.3. The van der Waals surface area contributed by atoms with Crippen LogP contribution in [0.5, 0.6) is 0 Å². The molecular formula is C13H27BO3SSi. The average Bonchev–Trinajstić information content (AvgIpc) is 2.63. The minimum atomic E-state index is -1.74. The van der Waals surface area contributed by atoms with Crippen molar-refractivity contribution in [2.24, 2.45) is 0 Å². The van der Waals surface area contributed by atoms with Crippen LogP contribution in [-0.2, 0) is 13.9 Å². The molecule has 0 aromatic rings. The fourth-order valence-corrected chi connectivity index (χ4v) is 3.06. The van der Waals surface area contributed by atoms with Crippen molar-refractivity contribution >= 4 is 27.9 Å². The van der Waals surface area contributed by atoms with Gasteiger partial charge < -0.3 is 13.9 Å². The molecule has 0 aliphatic carbocycles. The van der Waals surface area contributed by atoms with Crippen LogP contribution in [0.1, 0.15) is 27.2 Å². The number of ether oxygens (including phenoxy) is 2. The molecule has 0 aromatic carbocycles. The zero-order valence-corrected chi connectivity index (χ0v) is 14.9. The molecule has 2 radical (unpaired) electrons. The molecule has 110 valence electrons. The standard InChI is InChI=1S/C13H27BO3SSi/c1-13(2,3)19(5,6)16-8-11-10(15-9-18-4)7-12(14)17-11/h10-12H,7-9H2,1-6H3/t10-,11-,12-/m1/s1. The van der Waals surface area contributed by atoms with Gasteiger partial charge in [-0.3, -0.25) is 0 Å². The first-order chi connectivity index (χ1) is 8.67. The fraction of sp³-hybridized carbons (Fsp3) is 1.00. The maximum absolute atomic E-state index is 6.21. The van der Waals surface area contributed by atoms with Crippen LogP contribution >= 0.6 is 11.8 Å². The van der Waals surface area contributed by atoms with Crippen LogP contribution in [0.3, 0.4) is 0 Å². The van der Waals surface area contributed by atoms with Crippen molar-refractivity contribution < 1.29 is 13.9 Å². The van der Waals surface area contributed by atoms with E-state index in [4.69, 9.17) is 21.7 Å². The molecule has 3 nitrogen and oxygen atoms in total. The number of hydrogen-bond acceptors (Lipinski definition) is 4. The monoisotopic (exact) mass is 302 g/mol. The smallest absolute Gasteiger partial charge is 0.192 e. The highest BCUT2D eigenvalue weighted by Crippen LogP contribution is 2.37. The van der Waals surface area contributed by atoms with Gasteiger partial charge in [0, 0.05) is 6.00 Å². The van der Waals surface area contributed by atoms with Crippen molar-refractivity contribution in [2.75, 3.05) is 18.8 Å². The molecule has 0 amide bonds. The van der Waals surface area contributed by atoms with Crippen LogP contribution in [0.15, 0.2) is 0 Å². The van der Waals surface area contributed by atoms with E-state index in [-0.39, 0.29) is 23.2 Å². The first-order valence-corrected chi connectivity index (χ1v) is 11.1. The third-order valence-corrected chi connectivity index (χ3v) is 8.92. The molecule has 0 N–H and O–H groups in total. The first-order valence-electron chi connectivity index (χ1n) is 6.83. The Morgan fingerprint density at radius 3 is 2.53 bits per heavy atom. The maximum atomic E-state index is 6.21. The molecule has 0 saturated carbocycles. The summed E-state index contributed by atoms with van der Waals surface area (Å²) in [6.07, 6.45) is 2.81. The van der Waals surface area contributed by atoms with Gasteiger partial charge in [-0.15, -0.1) is 11.8 Å². The summed E-state index contributed by atoms with van der Waals surface area (Å²) in [6, 6.07) is -0.222. The summed E-state index contributed by atoms with van der Waals surface area (Å²) in [6.45, 7) is 11.8. The second kappa shape index (κ2) is 6.98. The highest BCUT2D eigenvalue weighted by molar-refractivity contribution is 7.98. The molecule has 1 rings (SSSR count). The molecule has 1 saturated heterocycles. The predicted molar refractivity (Wildman–Crippen MR) is 85.4 cm³/mol. The molecule has 19 heavy (non-hydrogen) atoms. The third-order valence-electron chi connectivity index (χ3n) is 4.04. The minimum Gasteiger partial charge on any atom is -0.414 e. The van der Waals surface area contributed by atoms with Crippen molar-refractivity contribution in [3.8, 4) is 0 Å². The number of rotatable bonds is 6. The Morgan fingerprint density at radius 1 is 1.37 bits per heavy atom. The molecule has 0 aromatic heterocycles. The normalized spacial score (nSPS) is 28.8. The summed E-state index contributed by atoms with van der Waals surface area (Å²) < 4.78 is 17.7. The van der Waals surface area contributed by atoms with Gasteiger partial charge in [0.2, 0.25) is 0 Å². The lowest BCUT2D eigenvalue weighted by Gasteiger charge is -2.37. The highest BCUT2D eigenvalue weighted by Gasteiger charge is 2.40. The Balaban J connectivity index is 2.50. The van der Waals surface area contributed by atoms with Crippen LogP contribution in [0.2, 0.25) is 18.1 Å². The Bertz CT molecular complexity index is 284. The van der Waals surface area contributed by atoms with E-state index in [1.54, 1.807) is 11.8 Å². The lowest BCUT2D eigenvalue weighted by atomic mass is 9.96. The van der Waals surface area contributed by atoms with Crippen LogP contribution in [-0.4, -0.2) is 53.2 Å². The van der Waals surface area contributed by atoms with Crippen LogP contribution in [0, 0.1) is 0 Å². The quantitative estimate of drug-likeness (QED) is 0.557. The van der Waals surface area contributed by atoms with E-state index in [0.717, 1.165) is 6.42 Å². The summed E-state index contributed by atoms with van der Waals surface area (Å²) in [7, 11) is 4.12. The SMILES string of the molecule is [B][C@H]1C[C@@H](OCSC)[C@@H](CO[Si](C)(C)C(C)(C)C)O1. The molecule has 1 aliphatic heterocycles. The zero-order chi connectivity index (χ0) is 14.7. The fourth-order valence-electron chi connectivity index (χ4n) is 1.73. The minimum absolute atomic E-state index is 0.0312. The Morgan fingerprint density at radius 2 is 2.00 bits per heavy atom. The lowest BCUT2D eigenvalue weighted by molar-refractivity contribution is -0.0215. The van der Waals surface area contributed by atoms with E-state index in [1.165, 1.54) is 0 Å². The van der Waals surface area contributed by atoms with Gasteiger partial charge in [0.05, 0.1) is 18.6 Å². The van der Waals surface area contributed by atoms with Crippen molar-refractivity contribution in [2.45, 2.75) is 63.5 Å². The van der Waals surface area contributed by atoms with Gasteiger partial charge >= 0.3 is 0 Å². The van der Waals surface area contributed by atoms with E-state index in [9.17, 15) is 0 Å². The summed E-state index contributed by atoms with van der Waals surface area (Å²) in [5.41, 5.74) is 0. The summed E-state index contributed by atoms with van der Waals surface area (Å²) >= 11 is 1.67. The molecule has 0 spiro atoms. The van der Waals surface area contributed by atoms with E-state index < -0.39 is 8.32 Å². The van der Waals surface area contributed by atoms with E-state index in [0.29, 0.717) is 12.5 Å². The van der Waals surface area contributed by atoms with E-state index in [2.05, 4.69) is 33.9 Å². The maximum Gasteiger partial charge on any atom is 0.192 e. The van der Waals surface area contributed by atoms with E-state index >= 15 is 0 Å². The molecule has 0 unspecified atom stereocenters. The number of hydrogen-bond donors (Lipinski definition) is 0. The Kier molecular flexibility index (Phi) is 6.46. The molecular weight excluding hydrogens is 275 g/mol. The van der Waals surface area contributed by atoms with Crippen molar-refractivity contribution in [3.63, 3.8) is 0 Å². The molecule has 1 fully saturated rings. The van der Waals surface area contributed by atoms with Gasteiger partial charge in [0.15, 0.2) is 8.32 Å². The van der Waals surface area contributed by atoms with Crippen molar-refractivity contribution in [1.82, 2.24) is 0 Å². The van der Waals surface area contributed by atoms with Gasteiger partial charge in [0.25, 0.3) is 0 Å². The summed E-state index contributed by atoms with van der Waals surface area (Å²) in [5.74, 6) is 0.678. The van der Waals surface area contributed by atoms with Crippen molar-refractivity contribution in [1.29, 1.82) is 0 Å². The Hall–Kier alpha value is 0.512.